The van der Waals surface area contributed by atoms with E-state index in [1.54, 1.807) is 12.1 Å². The summed E-state index contributed by atoms with van der Waals surface area (Å²) in [7, 11) is 0. The molecule has 1 aromatic rings. The van der Waals surface area contributed by atoms with Gasteiger partial charge in [-0.25, -0.2) is 0 Å². The van der Waals surface area contributed by atoms with Crippen molar-refractivity contribution < 1.29 is 17.9 Å². The first kappa shape index (κ1) is 12.2. The van der Waals surface area contributed by atoms with Gasteiger partial charge in [-0.05, 0) is 24.5 Å². The Morgan fingerprint density at radius 3 is 2.65 bits per heavy atom. The number of pyridine rings is 1. The van der Waals surface area contributed by atoms with Crippen molar-refractivity contribution in [2.24, 2.45) is 5.92 Å². The molecular weight excluding hydrogens is 231 g/mol. The number of aromatic nitrogens is 1. The van der Waals surface area contributed by atoms with Crippen LogP contribution in [-0.2, 0) is 0 Å². The minimum absolute atomic E-state index is 0.166. The lowest BCUT2D eigenvalue weighted by molar-refractivity contribution is -0.153. The van der Waals surface area contributed by atoms with Gasteiger partial charge in [0.2, 0.25) is 0 Å². The first-order valence-electron chi connectivity index (χ1n) is 5.65. The minimum atomic E-state index is -4.30. The number of hydrogen-bond donors (Lipinski definition) is 0. The molecule has 0 unspecified atom stereocenters. The molecule has 94 valence electrons. The summed E-state index contributed by atoms with van der Waals surface area (Å²) >= 11 is 0. The average Bonchev–Trinajstić information content (AvgIpc) is 3.05. The Bertz CT molecular complexity index is 374. The molecule has 17 heavy (non-hydrogen) atoms. The van der Waals surface area contributed by atoms with Crippen LogP contribution >= 0.6 is 0 Å². The maximum atomic E-state index is 11.9. The topological polar surface area (TPSA) is 22.1 Å². The normalized spacial score (nSPS) is 23.5. The van der Waals surface area contributed by atoms with Crippen LogP contribution in [0.3, 0.4) is 0 Å². The van der Waals surface area contributed by atoms with Crippen molar-refractivity contribution in [1.82, 2.24) is 4.98 Å². The van der Waals surface area contributed by atoms with Crippen LogP contribution in [0, 0.1) is 5.92 Å². The molecule has 0 radical (unpaired) electrons. The van der Waals surface area contributed by atoms with Crippen molar-refractivity contribution in [1.29, 1.82) is 0 Å². The van der Waals surface area contributed by atoms with Crippen molar-refractivity contribution in [3.05, 3.63) is 24.0 Å². The van der Waals surface area contributed by atoms with Gasteiger partial charge in [-0.15, -0.1) is 0 Å². The summed E-state index contributed by atoms with van der Waals surface area (Å²) in [5.74, 6) is 1.33. The maximum Gasteiger partial charge on any atom is 0.422 e. The van der Waals surface area contributed by atoms with Crippen LogP contribution < -0.4 is 4.74 Å². The van der Waals surface area contributed by atoms with Crippen LogP contribution in [0.4, 0.5) is 13.2 Å². The third kappa shape index (κ3) is 3.35. The zero-order valence-electron chi connectivity index (χ0n) is 9.50. The standard InChI is InChI=1S/C12H14F3NO/c1-2-8-5-10(8)11-4-3-9(6-16-11)17-7-12(13,14)15/h3-4,6,8,10H,2,5,7H2,1H3/t8-,10-/m0/s1. The van der Waals surface area contributed by atoms with Crippen molar-refractivity contribution in [3.63, 3.8) is 0 Å². The zero-order chi connectivity index (χ0) is 12.5. The summed E-state index contributed by atoms with van der Waals surface area (Å²) in [6, 6.07) is 3.31. The van der Waals surface area contributed by atoms with E-state index in [-0.39, 0.29) is 5.75 Å². The van der Waals surface area contributed by atoms with Gasteiger partial charge in [0.25, 0.3) is 0 Å². The van der Waals surface area contributed by atoms with E-state index in [0.717, 1.165) is 18.5 Å². The molecule has 1 fully saturated rings. The van der Waals surface area contributed by atoms with Gasteiger partial charge in [-0.1, -0.05) is 13.3 Å². The van der Waals surface area contributed by atoms with Gasteiger partial charge < -0.3 is 4.74 Å². The highest BCUT2D eigenvalue weighted by molar-refractivity contribution is 5.25. The Labute approximate surface area is 97.8 Å². The smallest absolute Gasteiger partial charge is 0.422 e. The summed E-state index contributed by atoms with van der Waals surface area (Å²) < 4.78 is 40.3. The summed E-state index contributed by atoms with van der Waals surface area (Å²) in [6.07, 6.45) is -0.681. The molecule has 0 bridgehead atoms. The molecular formula is C12H14F3NO. The second-order valence-electron chi connectivity index (χ2n) is 4.33. The fourth-order valence-electron chi connectivity index (χ4n) is 1.92. The third-order valence-electron chi connectivity index (χ3n) is 2.99. The van der Waals surface area contributed by atoms with Gasteiger partial charge in [0, 0.05) is 11.6 Å². The molecule has 1 heterocycles. The largest absolute Gasteiger partial charge is 0.483 e. The molecule has 0 amide bonds. The second-order valence-corrected chi connectivity index (χ2v) is 4.33. The lowest BCUT2D eigenvalue weighted by Gasteiger charge is -2.09. The van der Waals surface area contributed by atoms with Crippen LogP contribution in [0.2, 0.25) is 0 Å². The Kier molecular flexibility index (Phi) is 3.26. The molecule has 1 aromatic heterocycles. The number of hydrogen-bond acceptors (Lipinski definition) is 2. The summed E-state index contributed by atoms with van der Waals surface area (Å²) in [4.78, 5) is 4.15. The highest BCUT2D eigenvalue weighted by Gasteiger charge is 2.37. The lowest BCUT2D eigenvalue weighted by Crippen LogP contribution is -2.19. The predicted molar refractivity (Wildman–Crippen MR) is 56.9 cm³/mol. The number of rotatable bonds is 4. The Balaban J connectivity index is 1.90. The predicted octanol–water partition coefficient (Wildman–Crippen LogP) is 3.54. The second kappa shape index (κ2) is 4.55. The van der Waals surface area contributed by atoms with E-state index in [9.17, 15) is 13.2 Å². The van der Waals surface area contributed by atoms with Crippen LogP contribution in [0.5, 0.6) is 5.75 Å². The van der Waals surface area contributed by atoms with Crippen molar-refractivity contribution in [2.75, 3.05) is 6.61 Å². The number of nitrogens with zero attached hydrogens (tertiary/aromatic N) is 1. The quantitative estimate of drug-likeness (QED) is 0.809. The van der Waals surface area contributed by atoms with Crippen LogP contribution in [0.15, 0.2) is 18.3 Å². The first-order valence-corrected chi connectivity index (χ1v) is 5.65. The molecule has 0 aliphatic heterocycles. The summed E-state index contributed by atoms with van der Waals surface area (Å²) in [5, 5.41) is 0. The van der Waals surface area contributed by atoms with Crippen molar-refractivity contribution in [2.45, 2.75) is 31.9 Å². The van der Waals surface area contributed by atoms with Gasteiger partial charge in [0.1, 0.15) is 5.75 Å². The number of alkyl halides is 3. The fourth-order valence-corrected chi connectivity index (χ4v) is 1.92. The average molecular weight is 245 g/mol. The fraction of sp³-hybridized carbons (Fsp3) is 0.583. The van der Waals surface area contributed by atoms with Gasteiger partial charge in [0.15, 0.2) is 6.61 Å². The van der Waals surface area contributed by atoms with E-state index in [1.807, 2.05) is 0 Å². The highest BCUT2D eigenvalue weighted by Crippen LogP contribution is 2.48. The summed E-state index contributed by atoms with van der Waals surface area (Å²) in [5.41, 5.74) is 0.955. The first-order chi connectivity index (χ1) is 7.99. The molecule has 5 heteroatoms. The zero-order valence-corrected chi connectivity index (χ0v) is 9.50. The Hall–Kier alpha value is -1.26. The van der Waals surface area contributed by atoms with E-state index in [1.165, 1.54) is 6.20 Å². The molecule has 2 rings (SSSR count). The Morgan fingerprint density at radius 2 is 2.18 bits per heavy atom. The Morgan fingerprint density at radius 1 is 1.41 bits per heavy atom. The van der Waals surface area contributed by atoms with Crippen LogP contribution in [0.25, 0.3) is 0 Å². The van der Waals surface area contributed by atoms with Crippen molar-refractivity contribution >= 4 is 0 Å². The monoisotopic (exact) mass is 245 g/mol. The van der Waals surface area contributed by atoms with E-state index < -0.39 is 12.8 Å². The highest BCUT2D eigenvalue weighted by atomic mass is 19.4. The van der Waals surface area contributed by atoms with E-state index in [2.05, 4.69) is 16.6 Å². The SMILES string of the molecule is CC[C@H]1C[C@@H]1c1ccc(OCC(F)(F)F)cn1. The van der Waals surface area contributed by atoms with Gasteiger partial charge in [0.05, 0.1) is 6.20 Å². The van der Waals surface area contributed by atoms with Crippen LogP contribution in [-0.4, -0.2) is 17.8 Å². The van der Waals surface area contributed by atoms with E-state index >= 15 is 0 Å². The van der Waals surface area contributed by atoms with Crippen molar-refractivity contribution in [3.8, 4) is 5.75 Å². The number of halogens is 3. The molecule has 1 saturated carbocycles. The number of ether oxygens (including phenoxy) is 1. The molecule has 0 aromatic carbocycles. The summed E-state index contributed by atoms with van der Waals surface area (Å²) in [6.45, 7) is 0.862. The molecule has 2 atom stereocenters. The lowest BCUT2D eigenvalue weighted by atomic mass is 10.2. The molecule has 1 aliphatic rings. The van der Waals surface area contributed by atoms with E-state index in [4.69, 9.17) is 0 Å². The molecule has 1 aliphatic carbocycles. The molecule has 0 N–H and O–H groups in total. The molecule has 0 spiro atoms. The van der Waals surface area contributed by atoms with Gasteiger partial charge >= 0.3 is 6.18 Å². The van der Waals surface area contributed by atoms with E-state index in [0.29, 0.717) is 11.8 Å². The minimum Gasteiger partial charge on any atom is -0.483 e. The molecule has 2 nitrogen and oxygen atoms in total. The molecule has 0 saturated heterocycles. The van der Waals surface area contributed by atoms with Gasteiger partial charge in [-0.2, -0.15) is 13.2 Å². The van der Waals surface area contributed by atoms with Gasteiger partial charge in [-0.3, -0.25) is 4.98 Å². The maximum absolute atomic E-state index is 11.9. The van der Waals surface area contributed by atoms with Crippen LogP contribution in [0.1, 0.15) is 31.4 Å². The third-order valence-corrected chi connectivity index (χ3v) is 2.99.